The number of benzene rings is 3. The number of aliphatic hydroxyl groups is 1. The number of carboxylic acid groups (broad SMARTS) is 1. The lowest BCUT2D eigenvalue weighted by molar-refractivity contribution is -0.384. The molecule has 14 heteroatoms. The van der Waals surface area contributed by atoms with Crippen molar-refractivity contribution in [3.8, 4) is 5.75 Å². The molecule has 1 saturated heterocycles. The topological polar surface area (TPSA) is 173 Å². The molecule has 2 N–H and O–H groups in total. The van der Waals surface area contributed by atoms with Gasteiger partial charge in [-0.2, -0.15) is 0 Å². The molecule has 12 nitrogen and oxygen atoms in total. The fraction of sp³-hybridized carbons (Fsp3) is 0.219. The number of aromatic nitrogens is 2. The predicted molar refractivity (Wildman–Crippen MR) is 174 cm³/mol. The Morgan fingerprint density at radius 1 is 1.04 bits per heavy atom. The Hall–Kier alpha value is -5.08. The second kappa shape index (κ2) is 15.8. The Morgan fingerprint density at radius 3 is 2.39 bits per heavy atom. The first-order valence-corrected chi connectivity index (χ1v) is 15.9. The summed E-state index contributed by atoms with van der Waals surface area (Å²) in [5.41, 5.74) is 1.23. The van der Waals surface area contributed by atoms with E-state index in [1.165, 1.54) is 30.0 Å². The molecule has 3 aromatic carbocycles. The Balaban J connectivity index is 0.00000113. The fourth-order valence-corrected chi connectivity index (χ4v) is 6.25. The highest BCUT2D eigenvalue weighted by atomic mass is 32.2. The Kier molecular flexibility index (Phi) is 11.6. The average Bonchev–Trinajstić information content (AvgIpc) is 3.62. The molecule has 238 valence electrons. The van der Waals surface area contributed by atoms with E-state index in [0.29, 0.717) is 28.0 Å². The van der Waals surface area contributed by atoms with Crippen molar-refractivity contribution in [3.05, 3.63) is 111 Å². The van der Waals surface area contributed by atoms with Crippen molar-refractivity contribution in [1.82, 2.24) is 10.2 Å². The number of carboxylic acids is 1. The maximum atomic E-state index is 13.5. The summed E-state index contributed by atoms with van der Waals surface area (Å²) < 4.78 is 6.27. The molecule has 0 saturated carbocycles. The molecule has 1 atom stereocenters. The molecule has 1 aliphatic heterocycles. The van der Waals surface area contributed by atoms with E-state index in [9.17, 15) is 24.8 Å². The van der Waals surface area contributed by atoms with Crippen LogP contribution >= 0.6 is 23.1 Å². The van der Waals surface area contributed by atoms with Crippen LogP contribution in [0.5, 0.6) is 5.75 Å². The van der Waals surface area contributed by atoms with Crippen LogP contribution in [0.25, 0.3) is 5.76 Å². The number of nitro groups is 1. The number of unbranched alkanes of at least 4 members (excludes halogenated alkanes) is 1. The van der Waals surface area contributed by atoms with E-state index in [4.69, 9.17) is 14.6 Å². The minimum atomic E-state index is -1.16. The van der Waals surface area contributed by atoms with Gasteiger partial charge in [-0.05, 0) is 41.8 Å². The lowest BCUT2D eigenvalue weighted by Crippen LogP contribution is -2.29. The highest BCUT2D eigenvalue weighted by Gasteiger charge is 2.48. The van der Waals surface area contributed by atoms with Crippen LogP contribution in [-0.4, -0.2) is 49.6 Å². The highest BCUT2D eigenvalue weighted by molar-refractivity contribution is 8.00. The van der Waals surface area contributed by atoms with Crippen LogP contribution in [0.1, 0.15) is 49.4 Å². The molecule has 46 heavy (non-hydrogen) atoms. The van der Waals surface area contributed by atoms with Crippen LogP contribution in [0.15, 0.2) is 88.8 Å². The summed E-state index contributed by atoms with van der Waals surface area (Å²) in [6, 6.07) is 20.8. The summed E-state index contributed by atoms with van der Waals surface area (Å²) in [4.78, 5) is 48.1. The minimum Gasteiger partial charge on any atom is -0.507 e. The number of nitrogens with zero attached hydrogens (tertiary/aromatic N) is 4. The van der Waals surface area contributed by atoms with E-state index >= 15 is 0 Å². The molecule has 5 rings (SSSR count). The van der Waals surface area contributed by atoms with Gasteiger partial charge >= 0.3 is 5.91 Å². The first-order valence-electron chi connectivity index (χ1n) is 14.1. The summed E-state index contributed by atoms with van der Waals surface area (Å²) in [7, 11) is 0. The number of aliphatic hydroxyl groups excluding tert-OH is 1. The number of Topliss-reactive ketones (excluding diaryl/α,β-unsaturated/α-hetero) is 1. The van der Waals surface area contributed by atoms with Crippen molar-refractivity contribution >= 4 is 57.3 Å². The number of non-ortho nitro benzene ring substituents is 1. The third kappa shape index (κ3) is 8.34. The average molecular weight is 663 g/mol. The molecule has 1 aliphatic rings. The Labute approximate surface area is 272 Å². The van der Waals surface area contributed by atoms with Crippen LogP contribution < -0.4 is 9.64 Å². The largest absolute Gasteiger partial charge is 0.507 e. The number of ketones is 1. The van der Waals surface area contributed by atoms with E-state index in [2.05, 4.69) is 17.1 Å². The molecular weight excluding hydrogens is 633 g/mol. The van der Waals surface area contributed by atoms with E-state index in [0.717, 1.165) is 41.6 Å². The van der Waals surface area contributed by atoms with Gasteiger partial charge in [0.15, 0.2) is 4.34 Å². The first kappa shape index (κ1) is 33.8. The smallest absolute Gasteiger partial charge is 0.301 e. The van der Waals surface area contributed by atoms with E-state index in [1.54, 1.807) is 30.3 Å². The van der Waals surface area contributed by atoms with E-state index in [-0.39, 0.29) is 22.0 Å². The number of amides is 1. The first-order chi connectivity index (χ1) is 22.1. The molecule has 0 radical (unpaired) electrons. The fourth-order valence-electron chi connectivity index (χ4n) is 4.43. The second-order valence-electron chi connectivity index (χ2n) is 9.89. The van der Waals surface area contributed by atoms with Gasteiger partial charge in [0.05, 0.1) is 23.1 Å². The molecule has 1 unspecified atom stereocenters. The molecule has 1 fully saturated rings. The number of carbonyl (C=O) groups is 3. The van der Waals surface area contributed by atoms with E-state index < -0.39 is 34.4 Å². The number of rotatable bonds is 11. The molecular formula is C32H30N4O8S2. The van der Waals surface area contributed by atoms with E-state index in [1.807, 2.05) is 30.3 Å². The summed E-state index contributed by atoms with van der Waals surface area (Å²) >= 11 is 2.55. The summed E-state index contributed by atoms with van der Waals surface area (Å²) in [6.07, 6.45) is 1.88. The van der Waals surface area contributed by atoms with Gasteiger partial charge in [0, 0.05) is 30.4 Å². The molecule has 1 aromatic heterocycles. The van der Waals surface area contributed by atoms with Crippen molar-refractivity contribution in [1.29, 1.82) is 0 Å². The molecule has 1 amide bonds. The quantitative estimate of drug-likeness (QED) is 0.0258. The lowest BCUT2D eigenvalue weighted by atomic mass is 9.95. The van der Waals surface area contributed by atoms with Crippen molar-refractivity contribution < 1.29 is 34.3 Å². The Bertz CT molecular complexity index is 1740. The summed E-state index contributed by atoms with van der Waals surface area (Å²) in [5, 5.41) is 38.9. The number of thioether (sulfide) groups is 1. The van der Waals surface area contributed by atoms with Crippen LogP contribution in [-0.2, 0) is 20.1 Å². The normalized spacial score (nSPS) is 15.3. The van der Waals surface area contributed by atoms with Gasteiger partial charge in [0.25, 0.3) is 17.4 Å². The van der Waals surface area contributed by atoms with Crippen LogP contribution in [0.3, 0.4) is 0 Å². The number of carbonyl (C=O) groups excluding carboxylic acids is 2. The molecule has 0 spiro atoms. The van der Waals surface area contributed by atoms with Gasteiger partial charge in [-0.15, -0.1) is 10.2 Å². The number of hydrogen-bond acceptors (Lipinski definition) is 11. The van der Waals surface area contributed by atoms with Crippen molar-refractivity contribution in [2.24, 2.45) is 0 Å². The number of anilines is 1. The summed E-state index contributed by atoms with van der Waals surface area (Å²) in [6.45, 7) is 3.69. The zero-order valence-electron chi connectivity index (χ0n) is 24.9. The zero-order chi connectivity index (χ0) is 33.2. The number of hydrogen-bond donors (Lipinski definition) is 2. The van der Waals surface area contributed by atoms with Gasteiger partial charge < -0.3 is 14.9 Å². The van der Waals surface area contributed by atoms with Gasteiger partial charge in [0.2, 0.25) is 5.13 Å². The maximum absolute atomic E-state index is 13.5. The van der Waals surface area contributed by atoms with Crippen molar-refractivity contribution in [3.63, 3.8) is 0 Å². The van der Waals surface area contributed by atoms with Gasteiger partial charge in [-0.3, -0.25) is 29.4 Å². The third-order valence-electron chi connectivity index (χ3n) is 6.54. The lowest BCUT2D eigenvalue weighted by Gasteiger charge is -2.22. The van der Waals surface area contributed by atoms with Crippen LogP contribution in [0.4, 0.5) is 10.8 Å². The summed E-state index contributed by atoms with van der Waals surface area (Å²) in [5.74, 6) is -1.86. The van der Waals surface area contributed by atoms with Gasteiger partial charge in [0.1, 0.15) is 11.5 Å². The van der Waals surface area contributed by atoms with Crippen LogP contribution in [0.2, 0.25) is 0 Å². The minimum absolute atomic E-state index is 0.142. The Morgan fingerprint density at radius 2 is 1.74 bits per heavy atom. The monoisotopic (exact) mass is 662 g/mol. The van der Waals surface area contributed by atoms with Crippen LogP contribution in [0, 0.1) is 10.1 Å². The molecule has 2 heterocycles. The zero-order valence-corrected chi connectivity index (χ0v) is 26.5. The van der Waals surface area contributed by atoms with Crippen molar-refractivity contribution in [2.45, 2.75) is 42.8 Å². The second-order valence-corrected chi connectivity index (χ2v) is 12.1. The SMILES string of the molecule is CC(=O)O.CCCCOc1ccc(C(O)=C2C(=O)C(=O)N(c3nnc(SCc4ccccc4)s3)C2c2cccc([N+](=O)[O-])c2)cc1. The molecule has 0 bridgehead atoms. The molecule has 0 aliphatic carbocycles. The van der Waals surface area contributed by atoms with Crippen molar-refractivity contribution in [2.75, 3.05) is 11.5 Å². The predicted octanol–water partition coefficient (Wildman–Crippen LogP) is 6.63. The highest BCUT2D eigenvalue weighted by Crippen LogP contribution is 2.44. The standard InChI is InChI=1S/C30H26N4O6S2.C2H4O2/c1-2-3-16-40-23-14-12-20(13-15-23)26(35)24-25(21-10-7-11-22(17-21)34(38)39)33(28(37)27(24)36)29-31-32-30(42-29)41-18-19-8-5-4-6-9-19;1-2(3)4/h4-15,17,25,35H,2-3,16,18H2,1H3;1H3,(H,3,4). The number of ether oxygens (including phenoxy) is 1. The van der Waals surface area contributed by atoms with Gasteiger partial charge in [-0.1, -0.05) is 78.9 Å². The number of aliphatic carboxylic acids is 1. The third-order valence-corrected chi connectivity index (χ3v) is 8.67. The number of nitro benzene ring substituents is 1. The van der Waals surface area contributed by atoms with Gasteiger partial charge in [-0.25, -0.2) is 0 Å². The molecule has 4 aromatic rings. The maximum Gasteiger partial charge on any atom is 0.301 e.